The molecule has 4 aromatic rings. The summed E-state index contributed by atoms with van der Waals surface area (Å²) in [6, 6.07) is 22.2. The molecule has 4 N–H and O–H groups in total. The highest BCUT2D eigenvalue weighted by atomic mass is 16.5. The number of aromatic carboxylic acids is 2. The van der Waals surface area contributed by atoms with Crippen molar-refractivity contribution < 1.29 is 38.9 Å². The van der Waals surface area contributed by atoms with Crippen LogP contribution in [0.5, 0.6) is 23.0 Å². The summed E-state index contributed by atoms with van der Waals surface area (Å²) in [4.78, 5) is 50.2. The van der Waals surface area contributed by atoms with Crippen LogP contribution in [0.3, 0.4) is 0 Å². The lowest BCUT2D eigenvalue weighted by Crippen LogP contribution is -2.29. The summed E-state index contributed by atoms with van der Waals surface area (Å²) in [6.07, 6.45) is 1.49. The highest BCUT2D eigenvalue weighted by Gasteiger charge is 2.30. The van der Waals surface area contributed by atoms with Crippen molar-refractivity contribution >= 4 is 35.0 Å². The zero-order valence-electron chi connectivity index (χ0n) is 27.8. The molecule has 0 saturated heterocycles. The Labute approximate surface area is 279 Å². The molecule has 10 nitrogen and oxygen atoms in total. The second kappa shape index (κ2) is 14.4. The molecule has 0 aliphatic heterocycles. The second-order valence-corrected chi connectivity index (χ2v) is 12.7. The number of benzene rings is 4. The number of hydrogen-bond donors (Lipinski definition) is 4. The van der Waals surface area contributed by atoms with Crippen molar-refractivity contribution in [2.75, 3.05) is 10.6 Å². The van der Waals surface area contributed by atoms with Gasteiger partial charge in [0.15, 0.2) is 5.78 Å². The fourth-order valence-corrected chi connectivity index (χ4v) is 4.61. The average Bonchev–Trinajstić information content (AvgIpc) is 3.06. The van der Waals surface area contributed by atoms with Crippen LogP contribution in [0, 0.1) is 5.41 Å². The lowest BCUT2D eigenvalue weighted by Gasteiger charge is -2.26. The minimum atomic E-state index is -1.36. The van der Waals surface area contributed by atoms with Gasteiger partial charge in [0.1, 0.15) is 23.0 Å². The number of hydrogen-bond acceptors (Lipinski definition) is 7. The molecule has 48 heavy (non-hydrogen) atoms. The fourth-order valence-electron chi connectivity index (χ4n) is 4.61. The molecule has 0 spiro atoms. The van der Waals surface area contributed by atoms with Gasteiger partial charge in [0.25, 0.3) is 5.91 Å². The standard InChI is InChI=1S/C38H40N2O8/c1-7-37(3,4)33(41)29-19-17-27(21-31(29)35(43)44)48-28-18-20-30(32(22-28)36(45)46)34(42)39-23-9-13-25(14-10-23)47-26-15-11-24(12-16-26)40-38(5,6)8-2/h9-22,40H,7-8H2,1-6H3,(H,39,42)(H,43,44)(H,45,46). The van der Waals surface area contributed by atoms with E-state index in [0.717, 1.165) is 12.1 Å². The molecule has 0 heterocycles. The Kier molecular flexibility index (Phi) is 10.6. The van der Waals surface area contributed by atoms with Crippen molar-refractivity contribution in [1.82, 2.24) is 0 Å². The van der Waals surface area contributed by atoms with E-state index in [9.17, 15) is 29.4 Å². The van der Waals surface area contributed by atoms with E-state index in [0.29, 0.717) is 23.6 Å². The first kappa shape index (κ1) is 35.2. The summed E-state index contributed by atoms with van der Waals surface area (Å²) < 4.78 is 11.7. The van der Waals surface area contributed by atoms with Crippen molar-refractivity contribution in [3.05, 3.63) is 107 Å². The molecule has 0 bridgehead atoms. The number of ether oxygens (including phenoxy) is 2. The van der Waals surface area contributed by atoms with Crippen LogP contribution in [0.2, 0.25) is 0 Å². The monoisotopic (exact) mass is 652 g/mol. The molecule has 0 unspecified atom stereocenters. The molecule has 0 aliphatic rings. The summed E-state index contributed by atoms with van der Waals surface area (Å²) in [7, 11) is 0. The lowest BCUT2D eigenvalue weighted by molar-refractivity contribution is 0.0681. The van der Waals surface area contributed by atoms with E-state index in [2.05, 4.69) is 31.4 Å². The van der Waals surface area contributed by atoms with Gasteiger partial charge in [-0.2, -0.15) is 0 Å². The van der Waals surface area contributed by atoms with Gasteiger partial charge in [-0.1, -0.05) is 27.7 Å². The normalized spacial score (nSPS) is 11.4. The van der Waals surface area contributed by atoms with Crippen LogP contribution in [0.25, 0.3) is 0 Å². The molecular formula is C38H40N2O8. The molecule has 0 fully saturated rings. The van der Waals surface area contributed by atoms with Crippen LogP contribution in [0.15, 0.2) is 84.9 Å². The summed E-state index contributed by atoms with van der Waals surface area (Å²) in [5.41, 5.74) is 0.0186. The van der Waals surface area contributed by atoms with Gasteiger partial charge in [0, 0.05) is 27.9 Å². The van der Waals surface area contributed by atoms with Gasteiger partial charge in [-0.25, -0.2) is 9.59 Å². The Morgan fingerprint density at radius 1 is 0.583 bits per heavy atom. The number of ketones is 1. The molecule has 0 aliphatic carbocycles. The van der Waals surface area contributed by atoms with Gasteiger partial charge in [-0.3, -0.25) is 9.59 Å². The SMILES string of the molecule is CCC(C)(C)Nc1ccc(Oc2ccc(NC(=O)c3ccc(Oc4ccc(C(=O)C(C)(C)CC)c(C(=O)O)c4)cc3C(=O)O)cc2)cc1. The molecular weight excluding hydrogens is 612 g/mol. The Bertz CT molecular complexity index is 1830. The van der Waals surface area contributed by atoms with Crippen LogP contribution in [0.1, 0.15) is 95.8 Å². The summed E-state index contributed by atoms with van der Waals surface area (Å²) in [6.45, 7) is 11.7. The van der Waals surface area contributed by atoms with Gasteiger partial charge in [0.2, 0.25) is 0 Å². The van der Waals surface area contributed by atoms with Crippen LogP contribution >= 0.6 is 0 Å². The third-order valence-electron chi connectivity index (χ3n) is 8.24. The molecule has 0 atom stereocenters. The first-order chi connectivity index (χ1) is 22.6. The second-order valence-electron chi connectivity index (χ2n) is 12.7. The van der Waals surface area contributed by atoms with E-state index in [1.165, 1.54) is 36.4 Å². The van der Waals surface area contributed by atoms with E-state index in [4.69, 9.17) is 9.47 Å². The minimum absolute atomic E-state index is 0.0281. The Balaban J connectivity index is 1.46. The van der Waals surface area contributed by atoms with E-state index >= 15 is 0 Å². The van der Waals surface area contributed by atoms with E-state index in [1.807, 2.05) is 31.2 Å². The van der Waals surface area contributed by atoms with Crippen molar-refractivity contribution in [2.24, 2.45) is 5.41 Å². The van der Waals surface area contributed by atoms with E-state index < -0.39 is 23.3 Å². The first-order valence-electron chi connectivity index (χ1n) is 15.6. The van der Waals surface area contributed by atoms with Crippen LogP contribution in [-0.2, 0) is 0 Å². The number of carboxylic acid groups (broad SMARTS) is 2. The smallest absolute Gasteiger partial charge is 0.336 e. The molecule has 250 valence electrons. The third kappa shape index (κ3) is 8.58. The number of carboxylic acids is 2. The number of nitrogens with one attached hydrogen (secondary N) is 2. The van der Waals surface area contributed by atoms with Gasteiger partial charge in [0.05, 0.1) is 16.7 Å². The molecule has 1 amide bonds. The average molecular weight is 653 g/mol. The highest BCUT2D eigenvalue weighted by molar-refractivity contribution is 6.11. The molecule has 0 aromatic heterocycles. The number of carbonyl (C=O) groups is 4. The van der Waals surface area contributed by atoms with Gasteiger partial charge in [-0.05, 0) is 112 Å². The molecule has 10 heteroatoms. The van der Waals surface area contributed by atoms with Crippen LogP contribution < -0.4 is 20.1 Å². The predicted octanol–water partition coefficient (Wildman–Crippen LogP) is 9.14. The largest absolute Gasteiger partial charge is 0.478 e. The predicted molar refractivity (Wildman–Crippen MR) is 184 cm³/mol. The zero-order valence-corrected chi connectivity index (χ0v) is 27.8. The lowest BCUT2D eigenvalue weighted by atomic mass is 9.80. The van der Waals surface area contributed by atoms with Gasteiger partial charge in [-0.15, -0.1) is 0 Å². The van der Waals surface area contributed by atoms with Gasteiger partial charge < -0.3 is 30.3 Å². The van der Waals surface area contributed by atoms with Crippen molar-refractivity contribution in [3.63, 3.8) is 0 Å². The molecule has 4 aromatic carbocycles. The summed E-state index contributed by atoms with van der Waals surface area (Å²) in [5.74, 6) is -2.28. The Morgan fingerprint density at radius 2 is 1.02 bits per heavy atom. The van der Waals surface area contributed by atoms with E-state index in [1.54, 1.807) is 38.1 Å². The van der Waals surface area contributed by atoms with Crippen molar-refractivity contribution in [1.29, 1.82) is 0 Å². The molecule has 4 rings (SSSR count). The maximum atomic E-state index is 13.1. The number of amides is 1. The summed E-state index contributed by atoms with van der Waals surface area (Å²) >= 11 is 0. The molecule has 0 radical (unpaired) electrons. The topological polar surface area (TPSA) is 151 Å². The third-order valence-corrected chi connectivity index (χ3v) is 8.24. The minimum Gasteiger partial charge on any atom is -0.478 e. The van der Waals surface area contributed by atoms with Crippen molar-refractivity contribution in [3.8, 4) is 23.0 Å². The Hall–Kier alpha value is -5.64. The maximum absolute atomic E-state index is 13.1. The quantitative estimate of drug-likeness (QED) is 0.0977. The first-order valence-corrected chi connectivity index (χ1v) is 15.6. The van der Waals surface area contributed by atoms with Crippen molar-refractivity contribution in [2.45, 2.75) is 59.9 Å². The maximum Gasteiger partial charge on any atom is 0.336 e. The van der Waals surface area contributed by atoms with Gasteiger partial charge >= 0.3 is 11.9 Å². The van der Waals surface area contributed by atoms with Crippen LogP contribution in [0.4, 0.5) is 11.4 Å². The fraction of sp³-hybridized carbons (Fsp3) is 0.263. The van der Waals surface area contributed by atoms with Crippen LogP contribution in [-0.4, -0.2) is 39.4 Å². The number of Topliss-reactive ketones (excluding diaryl/α,β-unsaturated/α-hetero) is 1. The highest BCUT2D eigenvalue weighted by Crippen LogP contribution is 2.32. The zero-order chi connectivity index (χ0) is 35.2. The Morgan fingerprint density at radius 3 is 1.50 bits per heavy atom. The number of anilines is 2. The van der Waals surface area contributed by atoms with E-state index in [-0.39, 0.29) is 45.1 Å². The summed E-state index contributed by atoms with van der Waals surface area (Å²) in [5, 5.41) is 25.8. The number of carbonyl (C=O) groups excluding carboxylic acids is 2. The number of rotatable bonds is 14. The molecule has 0 saturated carbocycles.